The van der Waals surface area contributed by atoms with Crippen molar-refractivity contribution in [3.05, 3.63) is 22.7 Å². The minimum absolute atomic E-state index is 0. The first kappa shape index (κ1) is 18.0. The fourth-order valence-corrected chi connectivity index (χ4v) is 5.52. The molecule has 2 atom stereocenters. The second kappa shape index (κ2) is 7.05. The second-order valence-corrected chi connectivity index (χ2v) is 8.35. The van der Waals surface area contributed by atoms with Gasteiger partial charge in [0.05, 0.1) is 7.11 Å². The number of rotatable bonds is 3. The number of nitrogens with zero attached hydrogens (tertiary/aromatic N) is 1. The molecule has 0 amide bonds. The Morgan fingerprint density at radius 2 is 2.00 bits per heavy atom. The third kappa shape index (κ3) is 3.43. The van der Waals surface area contributed by atoms with Gasteiger partial charge in [-0.15, -0.1) is 12.4 Å². The highest BCUT2D eigenvalue weighted by Crippen LogP contribution is 2.31. The maximum absolute atomic E-state index is 12.9. The molecule has 2 unspecified atom stereocenters. The molecule has 124 valence electrons. The minimum atomic E-state index is -3.50. The van der Waals surface area contributed by atoms with Crippen LogP contribution in [0.4, 0.5) is 0 Å². The molecule has 1 aromatic carbocycles. The monoisotopic (exact) mass is 410 g/mol. The predicted molar refractivity (Wildman–Crippen MR) is 91.3 cm³/mol. The highest BCUT2D eigenvalue weighted by Gasteiger charge is 2.35. The van der Waals surface area contributed by atoms with E-state index in [2.05, 4.69) is 21.2 Å². The number of methoxy groups -OCH3 is 1. The SMILES string of the molecule is COc1ccc(Br)c(S(=O)(=O)N2CCC3CCC(C2)N3)c1.Cl. The first-order chi connectivity index (χ1) is 10.0. The van der Waals surface area contributed by atoms with Crippen molar-refractivity contribution in [2.24, 2.45) is 0 Å². The molecule has 22 heavy (non-hydrogen) atoms. The number of hydrogen-bond acceptors (Lipinski definition) is 4. The zero-order valence-corrected chi connectivity index (χ0v) is 15.5. The number of hydrogen-bond donors (Lipinski definition) is 1. The van der Waals surface area contributed by atoms with Gasteiger partial charge in [-0.2, -0.15) is 4.31 Å². The van der Waals surface area contributed by atoms with Crippen molar-refractivity contribution in [2.75, 3.05) is 20.2 Å². The van der Waals surface area contributed by atoms with Crippen molar-refractivity contribution in [1.29, 1.82) is 0 Å². The van der Waals surface area contributed by atoms with E-state index in [0.717, 1.165) is 19.3 Å². The van der Waals surface area contributed by atoms with Crippen LogP contribution < -0.4 is 10.1 Å². The molecule has 0 spiro atoms. The summed E-state index contributed by atoms with van der Waals surface area (Å²) in [6.07, 6.45) is 3.08. The van der Waals surface area contributed by atoms with Gasteiger partial charge in [-0.1, -0.05) is 0 Å². The van der Waals surface area contributed by atoms with E-state index in [1.165, 1.54) is 7.11 Å². The first-order valence-electron chi connectivity index (χ1n) is 7.10. The van der Waals surface area contributed by atoms with Crippen LogP contribution in [-0.4, -0.2) is 45.0 Å². The standard InChI is InChI=1S/C14H19BrN2O3S.ClH/c1-20-12-4-5-13(15)14(8-12)21(18,19)17-7-6-10-2-3-11(9-17)16-10;/h4-5,8,10-11,16H,2-3,6-7,9H2,1H3;1H. The average molecular weight is 412 g/mol. The van der Waals surface area contributed by atoms with Crippen LogP contribution in [0, 0.1) is 0 Å². The molecule has 2 aliphatic rings. The van der Waals surface area contributed by atoms with Gasteiger partial charge >= 0.3 is 0 Å². The highest BCUT2D eigenvalue weighted by molar-refractivity contribution is 9.10. The highest BCUT2D eigenvalue weighted by atomic mass is 79.9. The molecule has 2 aliphatic heterocycles. The summed E-state index contributed by atoms with van der Waals surface area (Å²) in [5.74, 6) is 0.547. The van der Waals surface area contributed by atoms with Crippen molar-refractivity contribution in [1.82, 2.24) is 9.62 Å². The van der Waals surface area contributed by atoms with Crippen LogP contribution in [0.5, 0.6) is 5.75 Å². The van der Waals surface area contributed by atoms with Gasteiger partial charge in [-0.3, -0.25) is 0 Å². The molecule has 2 saturated heterocycles. The largest absolute Gasteiger partial charge is 0.497 e. The van der Waals surface area contributed by atoms with E-state index < -0.39 is 10.0 Å². The molecule has 0 saturated carbocycles. The Hall–Kier alpha value is -0.340. The molecular weight excluding hydrogens is 392 g/mol. The summed E-state index contributed by atoms with van der Waals surface area (Å²) >= 11 is 3.35. The lowest BCUT2D eigenvalue weighted by molar-refractivity contribution is 0.382. The van der Waals surface area contributed by atoms with Crippen LogP contribution in [0.2, 0.25) is 0 Å². The van der Waals surface area contributed by atoms with E-state index in [4.69, 9.17) is 4.74 Å². The summed E-state index contributed by atoms with van der Waals surface area (Å²) in [7, 11) is -1.97. The van der Waals surface area contributed by atoms with Gasteiger partial charge in [0.1, 0.15) is 10.6 Å². The molecule has 0 aromatic heterocycles. The zero-order chi connectivity index (χ0) is 15.0. The third-order valence-electron chi connectivity index (χ3n) is 4.24. The first-order valence-corrected chi connectivity index (χ1v) is 9.34. The summed E-state index contributed by atoms with van der Waals surface area (Å²) in [5, 5.41) is 3.50. The molecule has 2 heterocycles. The van der Waals surface area contributed by atoms with Gasteiger partial charge in [0.15, 0.2) is 0 Å². The molecule has 1 aromatic rings. The lowest BCUT2D eigenvalue weighted by Gasteiger charge is -2.24. The number of benzene rings is 1. The molecule has 3 rings (SSSR count). The van der Waals surface area contributed by atoms with Gasteiger partial charge in [-0.05, 0) is 47.3 Å². The van der Waals surface area contributed by atoms with E-state index in [9.17, 15) is 8.42 Å². The normalized spacial score (nSPS) is 25.4. The van der Waals surface area contributed by atoms with Gasteiger partial charge in [0.25, 0.3) is 0 Å². The van der Waals surface area contributed by atoms with E-state index in [0.29, 0.717) is 29.4 Å². The lowest BCUT2D eigenvalue weighted by Crippen LogP contribution is -2.39. The second-order valence-electron chi connectivity index (χ2n) is 5.59. The Morgan fingerprint density at radius 1 is 1.27 bits per heavy atom. The number of halogens is 2. The Balaban J connectivity index is 0.00000176. The van der Waals surface area contributed by atoms with Gasteiger partial charge in [0, 0.05) is 35.7 Å². The fourth-order valence-electron chi connectivity index (χ4n) is 3.08. The summed E-state index contributed by atoms with van der Waals surface area (Å²) in [4.78, 5) is 0.277. The van der Waals surface area contributed by atoms with Crippen LogP contribution in [0.1, 0.15) is 19.3 Å². The molecule has 8 heteroatoms. The van der Waals surface area contributed by atoms with Gasteiger partial charge in [0.2, 0.25) is 10.0 Å². The fraction of sp³-hybridized carbons (Fsp3) is 0.571. The topological polar surface area (TPSA) is 58.6 Å². The maximum atomic E-state index is 12.9. The lowest BCUT2D eigenvalue weighted by atomic mass is 10.1. The van der Waals surface area contributed by atoms with E-state index >= 15 is 0 Å². The average Bonchev–Trinajstić information content (AvgIpc) is 2.78. The number of fused-ring (bicyclic) bond motifs is 2. The van der Waals surface area contributed by atoms with Crippen LogP contribution in [-0.2, 0) is 10.0 Å². The van der Waals surface area contributed by atoms with E-state index in [-0.39, 0.29) is 23.3 Å². The number of nitrogens with one attached hydrogen (secondary N) is 1. The third-order valence-corrected chi connectivity index (χ3v) is 7.10. The van der Waals surface area contributed by atoms with Crippen LogP contribution in [0.3, 0.4) is 0 Å². The summed E-state index contributed by atoms with van der Waals surface area (Å²) in [6, 6.07) is 5.78. The van der Waals surface area contributed by atoms with Crippen molar-refractivity contribution in [3.8, 4) is 5.75 Å². The van der Waals surface area contributed by atoms with Gasteiger partial charge < -0.3 is 10.1 Å². The van der Waals surface area contributed by atoms with Gasteiger partial charge in [-0.25, -0.2) is 8.42 Å². The smallest absolute Gasteiger partial charge is 0.244 e. The maximum Gasteiger partial charge on any atom is 0.244 e. The Kier molecular flexibility index (Phi) is 5.77. The quantitative estimate of drug-likeness (QED) is 0.830. The Morgan fingerprint density at radius 3 is 2.73 bits per heavy atom. The van der Waals surface area contributed by atoms with Crippen molar-refractivity contribution in [2.45, 2.75) is 36.2 Å². The Bertz CT molecular complexity index is 641. The summed E-state index contributed by atoms with van der Waals surface area (Å²) < 4.78 is 33.2. The number of sulfonamides is 1. The van der Waals surface area contributed by atoms with Crippen molar-refractivity contribution < 1.29 is 13.2 Å². The van der Waals surface area contributed by atoms with Crippen LogP contribution in [0.25, 0.3) is 0 Å². The molecule has 5 nitrogen and oxygen atoms in total. The predicted octanol–water partition coefficient (Wildman–Crippen LogP) is 2.39. The molecule has 1 N–H and O–H groups in total. The molecule has 0 radical (unpaired) electrons. The zero-order valence-electron chi connectivity index (χ0n) is 12.3. The summed E-state index contributed by atoms with van der Waals surface area (Å²) in [6.45, 7) is 1.11. The van der Waals surface area contributed by atoms with Crippen LogP contribution in [0.15, 0.2) is 27.6 Å². The van der Waals surface area contributed by atoms with Crippen molar-refractivity contribution >= 4 is 38.4 Å². The summed E-state index contributed by atoms with van der Waals surface area (Å²) in [5.41, 5.74) is 0. The number of ether oxygens (including phenoxy) is 1. The minimum Gasteiger partial charge on any atom is -0.497 e. The van der Waals surface area contributed by atoms with Crippen LogP contribution >= 0.6 is 28.3 Å². The van der Waals surface area contributed by atoms with E-state index in [1.807, 2.05) is 0 Å². The molecule has 2 fully saturated rings. The molecular formula is C14H20BrClN2O3S. The molecule has 0 aliphatic carbocycles. The molecule has 2 bridgehead atoms. The van der Waals surface area contributed by atoms with E-state index in [1.54, 1.807) is 22.5 Å². The van der Waals surface area contributed by atoms with Crippen molar-refractivity contribution in [3.63, 3.8) is 0 Å². The Labute approximate surface area is 146 Å².